The molecule has 0 heterocycles. The molecule has 14 heavy (non-hydrogen) atoms. The van der Waals surface area contributed by atoms with Crippen molar-refractivity contribution in [1.82, 2.24) is 0 Å². The van der Waals surface area contributed by atoms with Gasteiger partial charge in [0.15, 0.2) is 0 Å². The predicted octanol–water partition coefficient (Wildman–Crippen LogP) is 0.961. The van der Waals surface area contributed by atoms with Crippen molar-refractivity contribution in [3.8, 4) is 0 Å². The molecule has 2 heteroatoms. The number of hydrogen-bond donors (Lipinski definition) is 0. The Kier molecular flexibility index (Phi) is 5.00. The van der Waals surface area contributed by atoms with Crippen LogP contribution in [0.25, 0.3) is 0 Å². The second-order valence-electron chi connectivity index (χ2n) is 2.73. The third-order valence-corrected chi connectivity index (χ3v) is 3.85. The van der Waals surface area contributed by atoms with Crippen LogP contribution in [0.2, 0.25) is 0 Å². The van der Waals surface area contributed by atoms with Crippen LogP contribution in [0.4, 0.5) is 0 Å². The summed E-state index contributed by atoms with van der Waals surface area (Å²) in [5.74, 6) is 0. The Bertz CT molecular complexity index is 319. The van der Waals surface area contributed by atoms with Crippen LogP contribution in [0.15, 0.2) is 60.7 Å². The molecule has 0 spiro atoms. The number of benzene rings is 2. The van der Waals surface area contributed by atoms with Gasteiger partial charge >= 0.3 is 84.5 Å². The molecule has 2 aromatic carbocycles. The Morgan fingerprint density at radius 2 is 0.929 bits per heavy atom. The van der Waals surface area contributed by atoms with Crippen molar-refractivity contribution in [1.29, 1.82) is 0 Å². The van der Waals surface area contributed by atoms with Crippen molar-refractivity contribution in [2.24, 2.45) is 0 Å². The molecular formula is C12H10Se2. The van der Waals surface area contributed by atoms with E-state index in [-0.39, 0.29) is 17.1 Å². The third kappa shape index (κ3) is 3.32. The molecule has 0 fully saturated rings. The fraction of sp³-hybridized carbons (Fsp3) is 0. The molecular weight excluding hydrogens is 302 g/mol. The first kappa shape index (κ1) is 11.6. The van der Waals surface area contributed by atoms with E-state index in [1.807, 2.05) is 0 Å². The summed E-state index contributed by atoms with van der Waals surface area (Å²) < 4.78 is 2.86. The molecule has 0 unspecified atom stereocenters. The minimum atomic E-state index is 0. The average molecular weight is 312 g/mol. The van der Waals surface area contributed by atoms with Gasteiger partial charge in [0, 0.05) is 17.1 Å². The molecule has 2 radical (unpaired) electrons. The summed E-state index contributed by atoms with van der Waals surface area (Å²) in [4.78, 5) is 0. The van der Waals surface area contributed by atoms with E-state index in [0.717, 1.165) is 0 Å². The van der Waals surface area contributed by atoms with E-state index in [4.69, 9.17) is 0 Å². The average Bonchev–Trinajstić information content (AvgIpc) is 2.21. The van der Waals surface area contributed by atoms with Crippen molar-refractivity contribution < 1.29 is 0 Å². The van der Waals surface area contributed by atoms with Crippen LogP contribution in [-0.2, 0) is 0 Å². The molecule has 2 aromatic rings. The fourth-order valence-electron chi connectivity index (χ4n) is 1.11. The normalized spacial score (nSPS) is 9.14. The van der Waals surface area contributed by atoms with Crippen LogP contribution in [0, 0.1) is 0 Å². The van der Waals surface area contributed by atoms with Crippen LogP contribution >= 0.6 is 0 Å². The quantitative estimate of drug-likeness (QED) is 0.725. The van der Waals surface area contributed by atoms with Gasteiger partial charge in [0.1, 0.15) is 0 Å². The summed E-state index contributed by atoms with van der Waals surface area (Å²) in [7, 11) is 0. The summed E-state index contributed by atoms with van der Waals surface area (Å²) in [5.41, 5.74) is 0. The molecule has 0 aliphatic heterocycles. The summed E-state index contributed by atoms with van der Waals surface area (Å²) >= 11 is 0.461. The van der Waals surface area contributed by atoms with Crippen LogP contribution in [0.1, 0.15) is 0 Å². The number of rotatable bonds is 2. The van der Waals surface area contributed by atoms with Gasteiger partial charge in [-0.25, -0.2) is 0 Å². The van der Waals surface area contributed by atoms with Gasteiger partial charge in [0.25, 0.3) is 0 Å². The van der Waals surface area contributed by atoms with Gasteiger partial charge in [0.2, 0.25) is 0 Å². The molecule has 0 amide bonds. The Morgan fingerprint density at radius 3 is 1.29 bits per heavy atom. The Labute approximate surface area is 101 Å². The zero-order valence-corrected chi connectivity index (χ0v) is 11.0. The summed E-state index contributed by atoms with van der Waals surface area (Å²) in [6.07, 6.45) is 0. The third-order valence-electron chi connectivity index (χ3n) is 1.72. The summed E-state index contributed by atoms with van der Waals surface area (Å²) in [5, 5.41) is 0. The van der Waals surface area contributed by atoms with Crippen molar-refractivity contribution in [3.05, 3.63) is 60.7 Å². The predicted molar refractivity (Wildman–Crippen MR) is 63.7 cm³/mol. The van der Waals surface area contributed by atoms with Gasteiger partial charge in [-0.2, -0.15) is 0 Å². The molecule has 0 nitrogen and oxygen atoms in total. The van der Waals surface area contributed by atoms with Gasteiger partial charge in [-0.05, 0) is 0 Å². The van der Waals surface area contributed by atoms with E-state index < -0.39 is 0 Å². The van der Waals surface area contributed by atoms with Crippen LogP contribution in [-0.4, -0.2) is 32.0 Å². The first-order valence-electron chi connectivity index (χ1n) is 4.23. The maximum atomic E-state index is 2.19. The van der Waals surface area contributed by atoms with Crippen molar-refractivity contribution in [2.75, 3.05) is 0 Å². The molecule has 70 valence electrons. The van der Waals surface area contributed by atoms with Crippen LogP contribution in [0.5, 0.6) is 0 Å². The zero-order chi connectivity index (χ0) is 8.93. The standard InChI is InChI=1S/C12H10Se.Se/c1-3-7-11(8-4-1)13-12-9-5-2-6-10-12;/h1-10H;. The maximum absolute atomic E-state index is 2.19. The fourth-order valence-corrected chi connectivity index (χ4v) is 2.91. The van der Waals surface area contributed by atoms with Crippen molar-refractivity contribution in [2.45, 2.75) is 0 Å². The molecule has 0 N–H and O–H groups in total. The van der Waals surface area contributed by atoms with Crippen LogP contribution in [0.3, 0.4) is 0 Å². The second kappa shape index (κ2) is 6.06. The van der Waals surface area contributed by atoms with E-state index >= 15 is 0 Å². The van der Waals surface area contributed by atoms with Gasteiger partial charge in [-0.15, -0.1) is 0 Å². The topological polar surface area (TPSA) is 0 Å². The van der Waals surface area contributed by atoms with E-state index in [9.17, 15) is 0 Å². The van der Waals surface area contributed by atoms with Gasteiger partial charge < -0.3 is 0 Å². The molecule has 0 aliphatic rings. The first-order valence-corrected chi connectivity index (χ1v) is 5.94. The molecule has 0 bridgehead atoms. The Balaban J connectivity index is 0.000000980. The van der Waals surface area contributed by atoms with E-state index in [1.165, 1.54) is 8.92 Å². The minimum absolute atomic E-state index is 0. The SMILES string of the molecule is [Se].c1ccc([Se]c2ccccc2)cc1. The van der Waals surface area contributed by atoms with Gasteiger partial charge in [0.05, 0.1) is 0 Å². The van der Waals surface area contributed by atoms with Crippen LogP contribution < -0.4 is 8.92 Å². The van der Waals surface area contributed by atoms with Gasteiger partial charge in [-0.1, -0.05) is 0 Å². The van der Waals surface area contributed by atoms with Crippen molar-refractivity contribution >= 4 is 40.9 Å². The Hall–Kier alpha value is -0.521. The zero-order valence-electron chi connectivity index (χ0n) is 7.59. The van der Waals surface area contributed by atoms with Crippen molar-refractivity contribution in [3.63, 3.8) is 0 Å². The van der Waals surface area contributed by atoms with Gasteiger partial charge in [-0.3, -0.25) is 0 Å². The monoisotopic (exact) mass is 314 g/mol. The molecule has 0 saturated carbocycles. The molecule has 0 aliphatic carbocycles. The summed E-state index contributed by atoms with van der Waals surface area (Å²) in [6, 6.07) is 21.3. The molecule has 0 atom stereocenters. The molecule has 2 rings (SSSR count). The summed E-state index contributed by atoms with van der Waals surface area (Å²) in [6.45, 7) is 0. The van der Waals surface area contributed by atoms with E-state index in [2.05, 4.69) is 60.7 Å². The molecule has 0 saturated heterocycles. The number of hydrogen-bond acceptors (Lipinski definition) is 0. The second-order valence-corrected chi connectivity index (χ2v) is 5.13. The Morgan fingerprint density at radius 1 is 0.571 bits per heavy atom. The van der Waals surface area contributed by atoms with E-state index in [1.54, 1.807) is 0 Å². The van der Waals surface area contributed by atoms with E-state index in [0.29, 0.717) is 15.0 Å². The molecule has 0 aromatic heterocycles. The first-order chi connectivity index (χ1) is 6.45.